The molecule has 0 aliphatic rings. The van der Waals surface area contributed by atoms with Gasteiger partial charge in [-0.05, 0) is 57.0 Å². The minimum Gasteiger partial charge on any atom is -0.327 e. The number of fused-ring (bicyclic) bond motifs is 1. The van der Waals surface area contributed by atoms with Gasteiger partial charge in [-0.15, -0.1) is 0 Å². The Labute approximate surface area is 147 Å². The first-order chi connectivity index (χ1) is 11.7. The molecule has 0 aliphatic carbocycles. The van der Waals surface area contributed by atoms with Crippen LogP contribution in [0.3, 0.4) is 0 Å². The highest BCUT2D eigenvalue weighted by atomic mass is 19.1. The number of rotatable bonds is 3. The van der Waals surface area contributed by atoms with E-state index in [0.717, 1.165) is 22.2 Å². The summed E-state index contributed by atoms with van der Waals surface area (Å²) in [6.45, 7) is 9.84. The zero-order valence-electron chi connectivity index (χ0n) is 15.4. The molecule has 0 aliphatic heterocycles. The molecule has 3 aromatic rings. The minimum absolute atomic E-state index is 0.0199. The fraction of sp³-hybridized carbons (Fsp3) is 0.333. The molecule has 3 rings (SSSR count). The molecular weight excluding hydrogens is 315 g/mol. The average molecular weight is 338 g/mol. The van der Waals surface area contributed by atoms with Crippen molar-refractivity contribution in [2.75, 3.05) is 0 Å². The zero-order chi connectivity index (χ0) is 18.4. The fourth-order valence-corrected chi connectivity index (χ4v) is 2.94. The van der Waals surface area contributed by atoms with Crippen molar-refractivity contribution >= 4 is 16.8 Å². The summed E-state index contributed by atoms with van der Waals surface area (Å²) in [7, 11) is 0. The molecule has 25 heavy (non-hydrogen) atoms. The molecule has 130 valence electrons. The Morgan fingerprint density at radius 2 is 1.92 bits per heavy atom. The normalized spacial score (nSPS) is 11.9. The smallest absolute Gasteiger partial charge is 0.180 e. The lowest BCUT2D eigenvalue weighted by Crippen LogP contribution is -2.21. The summed E-state index contributed by atoms with van der Waals surface area (Å²) in [4.78, 5) is 16.7. The number of carbonyl (C=O) groups is 1. The Bertz CT molecular complexity index is 964. The van der Waals surface area contributed by atoms with Crippen molar-refractivity contribution in [3.8, 4) is 11.1 Å². The van der Waals surface area contributed by atoms with Crippen molar-refractivity contribution in [1.82, 2.24) is 9.55 Å². The molecule has 0 atom stereocenters. The van der Waals surface area contributed by atoms with Crippen LogP contribution in [-0.4, -0.2) is 15.3 Å². The molecule has 2 aromatic heterocycles. The first kappa shape index (κ1) is 17.3. The number of Topliss-reactive ketones (excluding diaryl/α,β-unsaturated/α-hetero) is 1. The van der Waals surface area contributed by atoms with Gasteiger partial charge in [-0.3, -0.25) is 4.79 Å². The average Bonchev–Trinajstić information content (AvgIpc) is 2.95. The SMILES string of the molecule is CCC(=O)c1ccc2c(-c3ccc(C)c(F)c3)cn(C(C)(C)C)c2n1. The number of pyridine rings is 1. The van der Waals surface area contributed by atoms with Crippen LogP contribution in [0.1, 0.15) is 50.2 Å². The fourth-order valence-electron chi connectivity index (χ4n) is 2.94. The maximum atomic E-state index is 14.1. The van der Waals surface area contributed by atoms with E-state index in [4.69, 9.17) is 0 Å². The van der Waals surface area contributed by atoms with Gasteiger partial charge in [0.2, 0.25) is 0 Å². The Balaban J connectivity index is 2.30. The number of aromatic nitrogens is 2. The molecule has 0 saturated carbocycles. The number of hydrogen-bond donors (Lipinski definition) is 0. The highest BCUT2D eigenvalue weighted by Crippen LogP contribution is 2.34. The molecule has 1 aromatic carbocycles. The second-order valence-electron chi connectivity index (χ2n) is 7.39. The molecule has 0 unspecified atom stereocenters. The summed E-state index contributed by atoms with van der Waals surface area (Å²) in [5.74, 6) is -0.202. The third-order valence-corrected chi connectivity index (χ3v) is 4.46. The van der Waals surface area contributed by atoms with Gasteiger partial charge in [0, 0.05) is 29.1 Å². The van der Waals surface area contributed by atoms with Gasteiger partial charge in [-0.2, -0.15) is 0 Å². The monoisotopic (exact) mass is 338 g/mol. The first-order valence-electron chi connectivity index (χ1n) is 8.54. The molecule has 0 bridgehead atoms. The standard InChI is InChI=1S/C21H23FN2O/c1-6-19(25)18-10-9-15-16(14-8-7-13(2)17(22)11-14)12-24(20(15)23-18)21(3,4)5/h7-12H,6H2,1-5H3. The summed E-state index contributed by atoms with van der Waals surface area (Å²) >= 11 is 0. The Morgan fingerprint density at radius 1 is 1.20 bits per heavy atom. The summed E-state index contributed by atoms with van der Waals surface area (Å²) in [6, 6.07) is 8.94. The van der Waals surface area contributed by atoms with Crippen LogP contribution in [0, 0.1) is 12.7 Å². The lowest BCUT2D eigenvalue weighted by molar-refractivity contribution is 0.0983. The molecule has 0 spiro atoms. The first-order valence-corrected chi connectivity index (χ1v) is 8.54. The molecule has 2 heterocycles. The van der Waals surface area contributed by atoms with E-state index in [-0.39, 0.29) is 17.1 Å². The van der Waals surface area contributed by atoms with Crippen LogP contribution < -0.4 is 0 Å². The summed E-state index contributed by atoms with van der Waals surface area (Å²) in [6.07, 6.45) is 2.42. The maximum Gasteiger partial charge on any atom is 0.180 e. The van der Waals surface area contributed by atoms with Crippen LogP contribution in [0.2, 0.25) is 0 Å². The van der Waals surface area contributed by atoms with E-state index < -0.39 is 0 Å². The van der Waals surface area contributed by atoms with E-state index >= 15 is 0 Å². The van der Waals surface area contributed by atoms with Crippen molar-refractivity contribution in [2.45, 2.75) is 46.6 Å². The molecule has 0 fully saturated rings. The zero-order valence-corrected chi connectivity index (χ0v) is 15.4. The number of nitrogens with zero attached hydrogens (tertiary/aromatic N) is 2. The van der Waals surface area contributed by atoms with Gasteiger partial charge in [0.15, 0.2) is 5.78 Å². The molecule has 0 radical (unpaired) electrons. The summed E-state index contributed by atoms with van der Waals surface area (Å²) in [5, 5.41) is 0.922. The third-order valence-electron chi connectivity index (χ3n) is 4.46. The predicted octanol–water partition coefficient (Wildman–Crippen LogP) is 5.50. The summed E-state index contributed by atoms with van der Waals surface area (Å²) < 4.78 is 16.1. The van der Waals surface area contributed by atoms with E-state index in [1.165, 1.54) is 0 Å². The van der Waals surface area contributed by atoms with Gasteiger partial charge in [0.25, 0.3) is 0 Å². The number of halogens is 1. The van der Waals surface area contributed by atoms with Gasteiger partial charge in [0.1, 0.15) is 17.2 Å². The Morgan fingerprint density at radius 3 is 2.52 bits per heavy atom. The predicted molar refractivity (Wildman–Crippen MR) is 99.5 cm³/mol. The lowest BCUT2D eigenvalue weighted by atomic mass is 10.0. The van der Waals surface area contributed by atoms with Crippen LogP contribution in [0.5, 0.6) is 0 Å². The minimum atomic E-state index is -0.222. The van der Waals surface area contributed by atoms with Gasteiger partial charge in [-0.1, -0.05) is 19.1 Å². The van der Waals surface area contributed by atoms with Crippen molar-refractivity contribution in [3.63, 3.8) is 0 Å². The van der Waals surface area contributed by atoms with Crippen LogP contribution in [0.15, 0.2) is 36.5 Å². The molecule has 0 amide bonds. The quantitative estimate of drug-likeness (QED) is 0.591. The molecule has 3 nitrogen and oxygen atoms in total. The highest BCUT2D eigenvalue weighted by molar-refractivity contribution is 5.99. The lowest BCUT2D eigenvalue weighted by Gasteiger charge is -2.22. The van der Waals surface area contributed by atoms with E-state index in [9.17, 15) is 9.18 Å². The van der Waals surface area contributed by atoms with E-state index in [1.807, 2.05) is 25.3 Å². The van der Waals surface area contributed by atoms with Gasteiger partial charge in [0.05, 0.1) is 0 Å². The second kappa shape index (κ2) is 6.10. The van der Waals surface area contributed by atoms with E-state index in [1.54, 1.807) is 25.1 Å². The van der Waals surface area contributed by atoms with Crippen molar-refractivity contribution in [1.29, 1.82) is 0 Å². The van der Waals surface area contributed by atoms with Crippen molar-refractivity contribution in [2.24, 2.45) is 0 Å². The van der Waals surface area contributed by atoms with Crippen LogP contribution in [-0.2, 0) is 5.54 Å². The third kappa shape index (κ3) is 3.09. The van der Waals surface area contributed by atoms with Gasteiger partial charge in [-0.25, -0.2) is 9.37 Å². The maximum absolute atomic E-state index is 14.1. The largest absolute Gasteiger partial charge is 0.327 e. The molecule has 0 saturated heterocycles. The Hall–Kier alpha value is -2.49. The van der Waals surface area contributed by atoms with Crippen LogP contribution in [0.25, 0.3) is 22.2 Å². The molecular formula is C21H23FN2O. The van der Waals surface area contributed by atoms with Crippen LogP contribution >= 0.6 is 0 Å². The number of benzene rings is 1. The number of hydrogen-bond acceptors (Lipinski definition) is 2. The Kier molecular flexibility index (Phi) is 4.23. The van der Waals surface area contributed by atoms with Crippen LogP contribution in [0.4, 0.5) is 4.39 Å². The highest BCUT2D eigenvalue weighted by Gasteiger charge is 2.21. The number of aryl methyl sites for hydroxylation is 1. The van der Waals surface area contributed by atoms with E-state index in [0.29, 0.717) is 17.7 Å². The number of ketones is 1. The molecule has 4 heteroatoms. The number of carbonyl (C=O) groups excluding carboxylic acids is 1. The van der Waals surface area contributed by atoms with Gasteiger partial charge < -0.3 is 4.57 Å². The summed E-state index contributed by atoms with van der Waals surface area (Å²) in [5.41, 5.74) is 3.38. The van der Waals surface area contributed by atoms with Crippen molar-refractivity contribution in [3.05, 3.63) is 53.6 Å². The topological polar surface area (TPSA) is 34.9 Å². The van der Waals surface area contributed by atoms with Crippen molar-refractivity contribution < 1.29 is 9.18 Å². The molecule has 0 N–H and O–H groups in total. The second-order valence-corrected chi connectivity index (χ2v) is 7.39. The van der Waals surface area contributed by atoms with E-state index in [2.05, 4.69) is 30.3 Å². The van der Waals surface area contributed by atoms with Gasteiger partial charge >= 0.3 is 0 Å².